The first-order chi connectivity index (χ1) is 6.72. The molecule has 1 rings (SSSR count). The molecule has 0 bridgehead atoms. The molecule has 1 fully saturated rings. The molecular formula is C10H22N2O2. The predicted octanol–water partition coefficient (Wildman–Crippen LogP) is -0.729. The summed E-state index contributed by atoms with van der Waals surface area (Å²) >= 11 is 0. The molecular weight excluding hydrogens is 180 g/mol. The fourth-order valence-electron chi connectivity index (χ4n) is 1.96. The van der Waals surface area contributed by atoms with Crippen LogP contribution in [-0.4, -0.2) is 61.1 Å². The maximum atomic E-state index is 9.12. The summed E-state index contributed by atoms with van der Waals surface area (Å²) in [6.45, 7) is 3.63. The van der Waals surface area contributed by atoms with Crippen molar-refractivity contribution in [2.24, 2.45) is 5.92 Å². The molecule has 1 aliphatic rings. The predicted molar refractivity (Wildman–Crippen MR) is 56.2 cm³/mol. The van der Waals surface area contributed by atoms with Crippen LogP contribution in [0.3, 0.4) is 0 Å². The van der Waals surface area contributed by atoms with Crippen molar-refractivity contribution >= 4 is 0 Å². The summed E-state index contributed by atoms with van der Waals surface area (Å²) in [5.74, 6) is 0.694. The van der Waals surface area contributed by atoms with Gasteiger partial charge < -0.3 is 20.4 Å². The van der Waals surface area contributed by atoms with E-state index in [1.165, 1.54) is 19.4 Å². The summed E-state index contributed by atoms with van der Waals surface area (Å²) in [6.07, 6.45) is 1.93. The molecule has 4 heteroatoms. The monoisotopic (exact) mass is 202 g/mol. The van der Waals surface area contributed by atoms with Crippen molar-refractivity contribution in [2.75, 3.05) is 39.8 Å². The van der Waals surface area contributed by atoms with E-state index in [0.717, 1.165) is 13.1 Å². The number of aliphatic hydroxyl groups is 2. The largest absolute Gasteiger partial charge is 0.394 e. The Labute approximate surface area is 85.9 Å². The van der Waals surface area contributed by atoms with Crippen molar-refractivity contribution in [1.29, 1.82) is 0 Å². The van der Waals surface area contributed by atoms with Crippen LogP contribution in [0.15, 0.2) is 0 Å². The quantitative estimate of drug-likeness (QED) is 0.550. The average molecular weight is 202 g/mol. The third-order valence-electron chi connectivity index (χ3n) is 2.75. The smallest absolute Gasteiger partial charge is 0.0894 e. The molecule has 0 saturated carbocycles. The highest BCUT2D eigenvalue weighted by Gasteiger charge is 2.16. The fourth-order valence-corrected chi connectivity index (χ4v) is 1.96. The SMILES string of the molecule is CN1CCCC(CNC[C@H](O)CO)C1. The Bertz CT molecular complexity index is 155. The lowest BCUT2D eigenvalue weighted by Crippen LogP contribution is -2.39. The van der Waals surface area contributed by atoms with Crippen molar-refractivity contribution in [1.82, 2.24) is 10.2 Å². The van der Waals surface area contributed by atoms with Crippen molar-refractivity contribution in [3.05, 3.63) is 0 Å². The molecule has 1 heterocycles. The normalized spacial score (nSPS) is 26.4. The molecule has 1 unspecified atom stereocenters. The first-order valence-electron chi connectivity index (χ1n) is 5.40. The van der Waals surface area contributed by atoms with Gasteiger partial charge in [-0.05, 0) is 38.9 Å². The minimum Gasteiger partial charge on any atom is -0.394 e. The van der Waals surface area contributed by atoms with Gasteiger partial charge in [-0.15, -0.1) is 0 Å². The van der Waals surface area contributed by atoms with E-state index in [-0.39, 0.29) is 6.61 Å². The van der Waals surface area contributed by atoms with E-state index in [1.807, 2.05) is 0 Å². The third kappa shape index (κ3) is 4.37. The first-order valence-corrected chi connectivity index (χ1v) is 5.40. The van der Waals surface area contributed by atoms with Gasteiger partial charge in [0.05, 0.1) is 12.7 Å². The van der Waals surface area contributed by atoms with Gasteiger partial charge in [-0.1, -0.05) is 0 Å². The number of nitrogens with zero attached hydrogens (tertiary/aromatic N) is 1. The Morgan fingerprint density at radius 1 is 1.57 bits per heavy atom. The average Bonchev–Trinajstić information content (AvgIpc) is 2.17. The lowest BCUT2D eigenvalue weighted by molar-refractivity contribution is 0.0920. The van der Waals surface area contributed by atoms with Gasteiger partial charge in [0.1, 0.15) is 0 Å². The van der Waals surface area contributed by atoms with Gasteiger partial charge in [-0.2, -0.15) is 0 Å². The van der Waals surface area contributed by atoms with E-state index < -0.39 is 6.10 Å². The molecule has 2 atom stereocenters. The number of hydrogen-bond acceptors (Lipinski definition) is 4. The zero-order valence-electron chi connectivity index (χ0n) is 8.95. The van der Waals surface area contributed by atoms with Crippen molar-refractivity contribution in [3.63, 3.8) is 0 Å². The Kier molecular flexibility index (Phi) is 5.40. The van der Waals surface area contributed by atoms with Gasteiger partial charge in [0.15, 0.2) is 0 Å². The highest BCUT2D eigenvalue weighted by Crippen LogP contribution is 2.13. The number of piperidine rings is 1. The van der Waals surface area contributed by atoms with Crippen LogP contribution >= 0.6 is 0 Å². The first kappa shape index (κ1) is 11.9. The third-order valence-corrected chi connectivity index (χ3v) is 2.75. The number of rotatable bonds is 5. The Morgan fingerprint density at radius 3 is 3.00 bits per heavy atom. The van der Waals surface area contributed by atoms with Gasteiger partial charge in [0, 0.05) is 13.1 Å². The van der Waals surface area contributed by atoms with Gasteiger partial charge >= 0.3 is 0 Å². The van der Waals surface area contributed by atoms with Crippen LogP contribution in [0.4, 0.5) is 0 Å². The van der Waals surface area contributed by atoms with Crippen LogP contribution in [0, 0.1) is 5.92 Å². The maximum absolute atomic E-state index is 9.12. The van der Waals surface area contributed by atoms with E-state index in [4.69, 9.17) is 10.2 Å². The summed E-state index contributed by atoms with van der Waals surface area (Å²) in [7, 11) is 2.15. The van der Waals surface area contributed by atoms with E-state index >= 15 is 0 Å². The molecule has 1 aliphatic heterocycles. The van der Waals surface area contributed by atoms with Crippen molar-refractivity contribution in [3.8, 4) is 0 Å². The summed E-state index contributed by atoms with van der Waals surface area (Å²) in [5.41, 5.74) is 0. The van der Waals surface area contributed by atoms with Crippen molar-refractivity contribution in [2.45, 2.75) is 18.9 Å². The number of nitrogens with one attached hydrogen (secondary N) is 1. The zero-order chi connectivity index (χ0) is 10.4. The fraction of sp³-hybridized carbons (Fsp3) is 1.00. The minimum atomic E-state index is -0.615. The second kappa shape index (κ2) is 6.35. The van der Waals surface area contributed by atoms with Gasteiger partial charge in [0.2, 0.25) is 0 Å². The number of likely N-dealkylation sites (tertiary alicyclic amines) is 1. The van der Waals surface area contributed by atoms with Crippen LogP contribution in [0.5, 0.6) is 0 Å². The lowest BCUT2D eigenvalue weighted by atomic mass is 9.98. The molecule has 0 aromatic rings. The van der Waals surface area contributed by atoms with Crippen LogP contribution in [0.1, 0.15) is 12.8 Å². The molecule has 4 nitrogen and oxygen atoms in total. The summed E-state index contributed by atoms with van der Waals surface area (Å²) in [6, 6.07) is 0. The van der Waals surface area contributed by atoms with E-state index in [9.17, 15) is 0 Å². The number of aliphatic hydroxyl groups excluding tert-OH is 2. The Morgan fingerprint density at radius 2 is 2.36 bits per heavy atom. The standard InChI is InChI=1S/C10H22N2O2/c1-12-4-2-3-9(7-12)5-11-6-10(14)8-13/h9-11,13-14H,2-8H2,1H3/t9?,10-/m0/s1. The molecule has 3 N–H and O–H groups in total. The molecule has 14 heavy (non-hydrogen) atoms. The van der Waals surface area contributed by atoms with Crippen LogP contribution in [0.2, 0.25) is 0 Å². The number of hydrogen-bond donors (Lipinski definition) is 3. The van der Waals surface area contributed by atoms with Crippen LogP contribution in [0.25, 0.3) is 0 Å². The van der Waals surface area contributed by atoms with Crippen LogP contribution < -0.4 is 5.32 Å². The van der Waals surface area contributed by atoms with E-state index in [1.54, 1.807) is 0 Å². The van der Waals surface area contributed by atoms with Crippen molar-refractivity contribution < 1.29 is 10.2 Å². The molecule has 0 radical (unpaired) electrons. The molecule has 1 saturated heterocycles. The Hall–Kier alpha value is -0.160. The highest BCUT2D eigenvalue weighted by atomic mass is 16.3. The maximum Gasteiger partial charge on any atom is 0.0894 e. The van der Waals surface area contributed by atoms with Gasteiger partial charge in [-0.3, -0.25) is 0 Å². The summed E-state index contributed by atoms with van der Waals surface area (Å²) < 4.78 is 0. The van der Waals surface area contributed by atoms with E-state index in [2.05, 4.69) is 17.3 Å². The van der Waals surface area contributed by atoms with Gasteiger partial charge in [-0.25, -0.2) is 0 Å². The second-order valence-electron chi connectivity index (χ2n) is 4.27. The van der Waals surface area contributed by atoms with Gasteiger partial charge in [0.25, 0.3) is 0 Å². The molecule has 0 aromatic heterocycles. The molecule has 0 amide bonds. The van der Waals surface area contributed by atoms with E-state index in [0.29, 0.717) is 12.5 Å². The lowest BCUT2D eigenvalue weighted by Gasteiger charge is -2.29. The molecule has 84 valence electrons. The molecule has 0 aromatic carbocycles. The topological polar surface area (TPSA) is 55.7 Å². The zero-order valence-corrected chi connectivity index (χ0v) is 8.95. The second-order valence-corrected chi connectivity index (χ2v) is 4.27. The Balaban J connectivity index is 2.05. The van der Waals surface area contributed by atoms with Crippen LogP contribution in [-0.2, 0) is 0 Å². The highest BCUT2D eigenvalue weighted by molar-refractivity contribution is 4.72. The molecule has 0 aliphatic carbocycles. The summed E-state index contributed by atoms with van der Waals surface area (Å²) in [5, 5.41) is 20.9. The molecule has 0 spiro atoms. The minimum absolute atomic E-state index is 0.155. The summed E-state index contributed by atoms with van der Waals surface area (Å²) in [4.78, 5) is 2.35.